The van der Waals surface area contributed by atoms with Crippen molar-refractivity contribution in [2.45, 2.75) is 56.8 Å². The fraction of sp³-hybridized carbons (Fsp3) is 0.571. The van der Waals surface area contributed by atoms with E-state index in [1.54, 1.807) is 36.4 Å². The zero-order valence-corrected chi connectivity index (χ0v) is 25.1. The summed E-state index contributed by atoms with van der Waals surface area (Å²) in [6, 6.07) is 13.8. The molecule has 0 unspecified atom stereocenters. The molecule has 9 nitrogen and oxygen atoms in total. The molecule has 2 aromatic rings. The topological polar surface area (TPSA) is 110 Å². The van der Waals surface area contributed by atoms with Crippen molar-refractivity contribution in [2.24, 2.45) is 5.92 Å². The van der Waals surface area contributed by atoms with Gasteiger partial charge < -0.3 is 9.80 Å². The van der Waals surface area contributed by atoms with E-state index >= 15 is 0 Å². The molecule has 2 N–H and O–H groups in total. The maximum absolute atomic E-state index is 12.7. The highest BCUT2D eigenvalue weighted by Crippen LogP contribution is 2.25. The van der Waals surface area contributed by atoms with Crippen molar-refractivity contribution in [2.75, 3.05) is 56.0 Å². The SMILES string of the molecule is Cc1ccc(N(CCCN(CCCNS(=O)(=O)c2ccc(N(C)C)cc2)CC2CCCCC2)S(=O)(=O)O)cc1. The molecule has 0 heterocycles. The molecule has 39 heavy (non-hydrogen) atoms. The normalized spacial score (nSPS) is 15.0. The van der Waals surface area contributed by atoms with Gasteiger partial charge in [0.2, 0.25) is 10.0 Å². The lowest BCUT2D eigenvalue weighted by molar-refractivity contribution is 0.198. The van der Waals surface area contributed by atoms with Gasteiger partial charge in [0.05, 0.1) is 10.6 Å². The number of rotatable bonds is 15. The number of nitrogens with zero attached hydrogens (tertiary/aromatic N) is 3. The molecule has 218 valence electrons. The average Bonchev–Trinajstić information content (AvgIpc) is 2.89. The van der Waals surface area contributed by atoms with Gasteiger partial charge in [-0.2, -0.15) is 8.42 Å². The second kappa shape index (κ2) is 14.5. The summed E-state index contributed by atoms with van der Waals surface area (Å²) in [6.07, 6.45) is 7.29. The van der Waals surface area contributed by atoms with Crippen molar-refractivity contribution in [1.82, 2.24) is 9.62 Å². The minimum absolute atomic E-state index is 0.165. The van der Waals surface area contributed by atoms with E-state index in [2.05, 4.69) is 9.62 Å². The van der Waals surface area contributed by atoms with E-state index in [1.807, 2.05) is 38.1 Å². The monoisotopic (exact) mass is 580 g/mol. The second-order valence-electron chi connectivity index (χ2n) is 10.7. The quantitative estimate of drug-likeness (QED) is 0.239. The van der Waals surface area contributed by atoms with Crippen molar-refractivity contribution in [1.29, 1.82) is 0 Å². The summed E-state index contributed by atoms with van der Waals surface area (Å²) >= 11 is 0. The maximum Gasteiger partial charge on any atom is 0.359 e. The number of anilines is 2. The average molecular weight is 581 g/mol. The highest BCUT2D eigenvalue weighted by molar-refractivity contribution is 7.89. The smallest absolute Gasteiger partial charge is 0.359 e. The van der Waals surface area contributed by atoms with Crippen LogP contribution in [0.2, 0.25) is 0 Å². The molecular weight excluding hydrogens is 536 g/mol. The van der Waals surface area contributed by atoms with Crippen LogP contribution in [0.25, 0.3) is 0 Å². The molecule has 1 fully saturated rings. The number of benzene rings is 2. The van der Waals surface area contributed by atoms with Gasteiger partial charge in [0.1, 0.15) is 0 Å². The van der Waals surface area contributed by atoms with Gasteiger partial charge in [-0.05, 0) is 88.0 Å². The third-order valence-electron chi connectivity index (χ3n) is 7.28. The van der Waals surface area contributed by atoms with Crippen LogP contribution < -0.4 is 13.9 Å². The van der Waals surface area contributed by atoms with Crippen LogP contribution in [0.4, 0.5) is 11.4 Å². The molecule has 0 radical (unpaired) electrons. The predicted octanol–water partition coefficient (Wildman–Crippen LogP) is 4.31. The lowest BCUT2D eigenvalue weighted by Crippen LogP contribution is -2.37. The Labute approximate surface area is 235 Å². The van der Waals surface area contributed by atoms with Crippen molar-refractivity contribution in [3.63, 3.8) is 0 Å². The number of sulfonamides is 1. The lowest BCUT2D eigenvalue weighted by atomic mass is 9.89. The zero-order chi connectivity index (χ0) is 28.5. The third-order valence-corrected chi connectivity index (χ3v) is 9.71. The van der Waals surface area contributed by atoms with Crippen molar-refractivity contribution in [3.8, 4) is 0 Å². The molecule has 1 saturated carbocycles. The Kier molecular flexibility index (Phi) is 11.6. The molecule has 0 amide bonds. The van der Waals surface area contributed by atoms with Gasteiger partial charge in [-0.3, -0.25) is 4.55 Å². The van der Waals surface area contributed by atoms with Crippen LogP contribution in [0, 0.1) is 12.8 Å². The maximum atomic E-state index is 12.7. The van der Waals surface area contributed by atoms with Gasteiger partial charge >= 0.3 is 10.3 Å². The van der Waals surface area contributed by atoms with Gasteiger partial charge in [-0.1, -0.05) is 37.0 Å². The second-order valence-corrected chi connectivity index (χ2v) is 13.8. The molecule has 0 aromatic heterocycles. The van der Waals surface area contributed by atoms with Crippen LogP contribution in [0.5, 0.6) is 0 Å². The van der Waals surface area contributed by atoms with E-state index in [0.29, 0.717) is 44.1 Å². The zero-order valence-electron chi connectivity index (χ0n) is 23.4. The Balaban J connectivity index is 1.56. The largest absolute Gasteiger partial charge is 0.378 e. The molecule has 3 rings (SSSR count). The summed E-state index contributed by atoms with van der Waals surface area (Å²) in [7, 11) is -4.17. The van der Waals surface area contributed by atoms with E-state index in [1.165, 1.54) is 32.1 Å². The standard InChI is InChI=1S/C28H44N4O5S2/c1-24-11-13-27(14-12-24)32(39(35,36)37)22-8-21-31(23-25-9-5-4-6-10-25)20-7-19-29-38(33,34)28-17-15-26(16-18-28)30(2)3/h11-18,25,29H,4-10,19-23H2,1-3H3,(H,35,36,37). The molecular formula is C28H44N4O5S2. The molecule has 1 aliphatic carbocycles. The van der Waals surface area contributed by atoms with Gasteiger partial charge in [0, 0.05) is 39.4 Å². The van der Waals surface area contributed by atoms with Crippen LogP contribution in [-0.4, -0.2) is 73.1 Å². The predicted molar refractivity (Wildman–Crippen MR) is 158 cm³/mol. The van der Waals surface area contributed by atoms with E-state index in [0.717, 1.165) is 22.1 Å². The number of hydrogen-bond acceptors (Lipinski definition) is 6. The first-order valence-electron chi connectivity index (χ1n) is 13.8. The molecule has 0 atom stereocenters. The molecule has 0 bridgehead atoms. The minimum atomic E-state index is -4.39. The Morgan fingerprint density at radius 1 is 0.821 bits per heavy atom. The van der Waals surface area contributed by atoms with Gasteiger partial charge in [-0.25, -0.2) is 17.4 Å². The van der Waals surface area contributed by atoms with Crippen molar-refractivity contribution in [3.05, 3.63) is 54.1 Å². The van der Waals surface area contributed by atoms with Crippen LogP contribution in [-0.2, 0) is 20.3 Å². The third kappa shape index (κ3) is 10.1. The number of nitrogens with one attached hydrogen (secondary N) is 1. The summed E-state index contributed by atoms with van der Waals surface area (Å²) < 4.78 is 63.2. The van der Waals surface area contributed by atoms with E-state index in [4.69, 9.17) is 0 Å². The van der Waals surface area contributed by atoms with E-state index in [-0.39, 0.29) is 11.4 Å². The minimum Gasteiger partial charge on any atom is -0.378 e. The van der Waals surface area contributed by atoms with Crippen LogP contribution >= 0.6 is 0 Å². The van der Waals surface area contributed by atoms with E-state index < -0.39 is 20.3 Å². The summed E-state index contributed by atoms with van der Waals surface area (Å²) in [5, 5.41) is 0. The fourth-order valence-electron chi connectivity index (χ4n) is 5.07. The highest BCUT2D eigenvalue weighted by atomic mass is 32.2. The Hall–Kier alpha value is -2.18. The molecule has 0 spiro atoms. The first kappa shape index (κ1) is 31.3. The first-order valence-corrected chi connectivity index (χ1v) is 16.6. The Bertz CT molecular complexity index is 1230. The molecule has 0 saturated heterocycles. The molecule has 0 aliphatic heterocycles. The van der Waals surface area contributed by atoms with Gasteiger partial charge in [0.25, 0.3) is 0 Å². The summed E-state index contributed by atoms with van der Waals surface area (Å²) in [5.41, 5.74) is 2.38. The van der Waals surface area contributed by atoms with Crippen molar-refractivity contribution < 1.29 is 21.4 Å². The molecule has 1 aliphatic rings. The fourth-order valence-corrected chi connectivity index (χ4v) is 6.89. The Morgan fingerprint density at radius 2 is 1.41 bits per heavy atom. The molecule has 11 heteroatoms. The van der Waals surface area contributed by atoms with E-state index in [9.17, 15) is 21.4 Å². The van der Waals surface area contributed by atoms with Crippen LogP contribution in [0.15, 0.2) is 53.4 Å². The lowest BCUT2D eigenvalue weighted by Gasteiger charge is -2.30. The summed E-state index contributed by atoms with van der Waals surface area (Å²) in [5.74, 6) is 0.598. The number of aryl methyl sites for hydroxylation is 1. The highest BCUT2D eigenvalue weighted by Gasteiger charge is 2.21. The Morgan fingerprint density at radius 3 is 2.00 bits per heavy atom. The van der Waals surface area contributed by atoms with Gasteiger partial charge in [0.15, 0.2) is 0 Å². The first-order chi connectivity index (χ1) is 18.5. The molecule has 2 aromatic carbocycles. The number of hydrogen-bond donors (Lipinski definition) is 2. The van der Waals surface area contributed by atoms with Crippen LogP contribution in [0.3, 0.4) is 0 Å². The van der Waals surface area contributed by atoms with Gasteiger partial charge in [-0.15, -0.1) is 0 Å². The van der Waals surface area contributed by atoms with Crippen molar-refractivity contribution >= 4 is 31.7 Å². The summed E-state index contributed by atoms with van der Waals surface area (Å²) in [6.45, 7) is 4.68. The summed E-state index contributed by atoms with van der Waals surface area (Å²) in [4.78, 5) is 4.47. The van der Waals surface area contributed by atoms with Crippen LogP contribution in [0.1, 0.15) is 50.5 Å².